The molecule has 2 rings (SSSR count). The highest BCUT2D eigenvalue weighted by molar-refractivity contribution is 5.02. The van der Waals surface area contributed by atoms with Crippen molar-refractivity contribution in [3.05, 3.63) is 18.0 Å². The molecule has 1 aromatic heterocycles. The summed E-state index contributed by atoms with van der Waals surface area (Å²) in [6.07, 6.45) is 8.81. The Hall–Kier alpha value is -0.830. The minimum absolute atomic E-state index is 0.223. The van der Waals surface area contributed by atoms with E-state index in [1.54, 1.807) is 0 Å². The molecule has 0 aliphatic heterocycles. The summed E-state index contributed by atoms with van der Waals surface area (Å²) in [6, 6.07) is 2.67. The summed E-state index contributed by atoms with van der Waals surface area (Å²) >= 11 is 0. The number of nitrogens with one attached hydrogen (secondary N) is 1. The molecule has 0 radical (unpaired) electrons. The highest BCUT2D eigenvalue weighted by atomic mass is 15.3. The molecule has 0 spiro atoms. The number of rotatable bonds is 5. The van der Waals surface area contributed by atoms with Crippen LogP contribution in [0, 0.1) is 11.8 Å². The van der Waals surface area contributed by atoms with Crippen molar-refractivity contribution in [1.82, 2.24) is 15.1 Å². The van der Waals surface area contributed by atoms with Gasteiger partial charge in [-0.2, -0.15) is 5.10 Å². The smallest absolute Gasteiger partial charge is 0.0627 e. The van der Waals surface area contributed by atoms with Crippen LogP contribution in [0.1, 0.15) is 72.0 Å². The van der Waals surface area contributed by atoms with Crippen LogP contribution in [0.15, 0.2) is 12.3 Å². The first-order valence-electron chi connectivity index (χ1n) is 8.64. The Labute approximate surface area is 130 Å². The average molecular weight is 291 g/mol. The van der Waals surface area contributed by atoms with E-state index >= 15 is 0 Å². The molecule has 21 heavy (non-hydrogen) atoms. The predicted molar refractivity (Wildman–Crippen MR) is 89.5 cm³/mol. The number of aromatic nitrogens is 2. The second-order valence-corrected chi connectivity index (χ2v) is 8.02. The fourth-order valence-corrected chi connectivity index (χ4v) is 3.30. The van der Waals surface area contributed by atoms with Gasteiger partial charge in [0.05, 0.1) is 5.69 Å². The minimum atomic E-state index is 0.223. The lowest BCUT2D eigenvalue weighted by Crippen LogP contribution is -2.41. The molecule has 2 unspecified atom stereocenters. The van der Waals surface area contributed by atoms with Gasteiger partial charge in [-0.1, -0.05) is 12.8 Å². The van der Waals surface area contributed by atoms with Crippen molar-refractivity contribution >= 4 is 0 Å². The van der Waals surface area contributed by atoms with Crippen molar-refractivity contribution in [2.24, 2.45) is 11.8 Å². The number of nitrogens with zero attached hydrogens (tertiary/aromatic N) is 2. The third kappa shape index (κ3) is 5.14. The van der Waals surface area contributed by atoms with Gasteiger partial charge in [0, 0.05) is 17.8 Å². The summed E-state index contributed by atoms with van der Waals surface area (Å²) in [7, 11) is 0. The Balaban J connectivity index is 1.94. The normalized spacial score (nSPS) is 23.7. The van der Waals surface area contributed by atoms with Crippen molar-refractivity contribution in [1.29, 1.82) is 0 Å². The monoisotopic (exact) mass is 291 g/mol. The molecule has 120 valence electrons. The van der Waals surface area contributed by atoms with E-state index in [0.29, 0.717) is 6.04 Å². The summed E-state index contributed by atoms with van der Waals surface area (Å²) in [4.78, 5) is 0. The molecule has 1 aromatic rings. The largest absolute Gasteiger partial charge is 0.312 e. The minimum Gasteiger partial charge on any atom is -0.312 e. The van der Waals surface area contributed by atoms with Gasteiger partial charge in [-0.3, -0.25) is 4.68 Å². The predicted octanol–water partition coefficient (Wildman–Crippen LogP) is 4.20. The van der Waals surface area contributed by atoms with E-state index in [9.17, 15) is 0 Å². The summed E-state index contributed by atoms with van der Waals surface area (Å²) in [5, 5.41) is 8.45. The second-order valence-electron chi connectivity index (χ2n) is 8.02. The van der Waals surface area contributed by atoms with E-state index in [4.69, 9.17) is 5.10 Å². The topological polar surface area (TPSA) is 29.9 Å². The lowest BCUT2D eigenvalue weighted by molar-refractivity contribution is 0.212. The third-order valence-electron chi connectivity index (χ3n) is 4.63. The Morgan fingerprint density at radius 3 is 2.48 bits per heavy atom. The molecular formula is C18H33N3. The van der Waals surface area contributed by atoms with Crippen LogP contribution in [0.5, 0.6) is 0 Å². The maximum absolute atomic E-state index is 4.74. The van der Waals surface area contributed by atoms with E-state index in [0.717, 1.165) is 24.8 Å². The Morgan fingerprint density at radius 1 is 1.24 bits per heavy atom. The highest BCUT2D eigenvalue weighted by Gasteiger charge is 2.27. The zero-order valence-electron chi connectivity index (χ0n) is 14.5. The van der Waals surface area contributed by atoms with Gasteiger partial charge in [0.15, 0.2) is 0 Å². The van der Waals surface area contributed by atoms with Crippen molar-refractivity contribution in [3.63, 3.8) is 0 Å². The van der Waals surface area contributed by atoms with E-state index in [-0.39, 0.29) is 5.54 Å². The molecule has 0 amide bonds. The zero-order chi connectivity index (χ0) is 15.5. The maximum Gasteiger partial charge on any atom is 0.0627 e. The Kier molecular flexibility index (Phi) is 5.48. The first-order valence-corrected chi connectivity index (χ1v) is 8.64. The van der Waals surface area contributed by atoms with Crippen LogP contribution >= 0.6 is 0 Å². The maximum atomic E-state index is 4.74. The Morgan fingerprint density at radius 2 is 1.90 bits per heavy atom. The summed E-state index contributed by atoms with van der Waals surface area (Å²) in [5.74, 6) is 1.60. The molecule has 0 saturated heterocycles. The lowest BCUT2D eigenvalue weighted by Gasteiger charge is -2.34. The quantitative estimate of drug-likeness (QED) is 0.881. The standard InChI is InChI=1S/C18H33N3/c1-14(2)21-11-10-17(20-21)12-15-8-6-7-9-16(15)13-19-18(3,4)5/h10-11,14-16,19H,6-9,12-13H2,1-5H3. The van der Waals surface area contributed by atoms with Crippen LogP contribution in [0.25, 0.3) is 0 Å². The van der Waals surface area contributed by atoms with Crippen LogP contribution in [0.2, 0.25) is 0 Å². The van der Waals surface area contributed by atoms with Crippen molar-refractivity contribution in [3.8, 4) is 0 Å². The molecule has 1 aliphatic rings. The summed E-state index contributed by atoms with van der Waals surface area (Å²) in [5.41, 5.74) is 1.50. The first kappa shape index (κ1) is 16.5. The second kappa shape index (κ2) is 6.95. The summed E-state index contributed by atoms with van der Waals surface area (Å²) < 4.78 is 2.08. The number of hydrogen-bond acceptors (Lipinski definition) is 2. The lowest BCUT2D eigenvalue weighted by atomic mass is 9.76. The SMILES string of the molecule is CC(C)n1ccc(CC2CCCCC2CNC(C)(C)C)n1. The average Bonchev–Trinajstić information content (AvgIpc) is 2.85. The van der Waals surface area contributed by atoms with Gasteiger partial charge in [0.25, 0.3) is 0 Å². The molecular weight excluding hydrogens is 258 g/mol. The Bertz CT molecular complexity index is 428. The van der Waals surface area contributed by atoms with Crippen LogP contribution in [0.4, 0.5) is 0 Å². The fraction of sp³-hybridized carbons (Fsp3) is 0.833. The molecule has 2 atom stereocenters. The zero-order valence-corrected chi connectivity index (χ0v) is 14.5. The van der Waals surface area contributed by atoms with E-state index in [2.05, 4.69) is 56.9 Å². The van der Waals surface area contributed by atoms with Gasteiger partial charge in [-0.15, -0.1) is 0 Å². The number of hydrogen-bond donors (Lipinski definition) is 1. The van der Waals surface area contributed by atoms with Gasteiger partial charge in [-0.25, -0.2) is 0 Å². The summed E-state index contributed by atoms with van der Waals surface area (Å²) in [6.45, 7) is 12.3. The molecule has 1 heterocycles. The molecule has 1 aliphatic carbocycles. The van der Waals surface area contributed by atoms with E-state index in [1.807, 2.05) is 0 Å². The van der Waals surface area contributed by atoms with E-state index < -0.39 is 0 Å². The highest BCUT2D eigenvalue weighted by Crippen LogP contribution is 2.32. The molecule has 0 bridgehead atoms. The molecule has 0 aromatic carbocycles. The van der Waals surface area contributed by atoms with Gasteiger partial charge >= 0.3 is 0 Å². The van der Waals surface area contributed by atoms with Crippen molar-refractivity contribution < 1.29 is 0 Å². The van der Waals surface area contributed by atoms with E-state index in [1.165, 1.54) is 31.4 Å². The molecule has 1 saturated carbocycles. The third-order valence-corrected chi connectivity index (χ3v) is 4.63. The van der Waals surface area contributed by atoms with Gasteiger partial charge in [-0.05, 0) is 78.3 Å². The van der Waals surface area contributed by atoms with Crippen LogP contribution < -0.4 is 5.32 Å². The first-order chi connectivity index (χ1) is 9.85. The van der Waals surface area contributed by atoms with Crippen LogP contribution in [-0.2, 0) is 6.42 Å². The van der Waals surface area contributed by atoms with Gasteiger partial charge in [0.2, 0.25) is 0 Å². The van der Waals surface area contributed by atoms with Crippen LogP contribution in [0.3, 0.4) is 0 Å². The molecule has 3 heteroatoms. The molecule has 1 fully saturated rings. The molecule has 3 nitrogen and oxygen atoms in total. The van der Waals surface area contributed by atoms with Crippen LogP contribution in [-0.4, -0.2) is 21.9 Å². The fourth-order valence-electron chi connectivity index (χ4n) is 3.30. The van der Waals surface area contributed by atoms with Crippen molar-refractivity contribution in [2.45, 2.75) is 78.3 Å². The van der Waals surface area contributed by atoms with Crippen molar-refractivity contribution in [2.75, 3.05) is 6.54 Å². The van der Waals surface area contributed by atoms with Gasteiger partial charge in [0.1, 0.15) is 0 Å². The molecule has 1 N–H and O–H groups in total. The van der Waals surface area contributed by atoms with Gasteiger partial charge < -0.3 is 5.32 Å².